The first-order valence-corrected chi connectivity index (χ1v) is 7.72. The minimum absolute atomic E-state index is 0.0243. The van der Waals surface area contributed by atoms with Crippen LogP contribution in [0.4, 0.5) is 4.79 Å². The van der Waals surface area contributed by atoms with E-state index in [4.69, 9.17) is 9.84 Å². The van der Waals surface area contributed by atoms with Crippen LogP contribution in [0.1, 0.15) is 39.5 Å². The number of carboxylic acids is 1. The summed E-state index contributed by atoms with van der Waals surface area (Å²) < 4.78 is 5.19. The summed E-state index contributed by atoms with van der Waals surface area (Å²) >= 11 is 0. The molecule has 1 rings (SSSR count). The number of urea groups is 1. The number of carbonyl (C=O) groups excluding carboxylic acids is 1. The van der Waals surface area contributed by atoms with Gasteiger partial charge in [0.05, 0.1) is 6.61 Å². The van der Waals surface area contributed by atoms with Gasteiger partial charge in [-0.1, -0.05) is 0 Å². The second-order valence-corrected chi connectivity index (χ2v) is 5.98. The van der Waals surface area contributed by atoms with Gasteiger partial charge < -0.3 is 19.6 Å². The van der Waals surface area contributed by atoms with Crippen LogP contribution in [0.5, 0.6) is 0 Å². The Bertz CT molecular complexity index is 345. The Morgan fingerprint density at radius 2 is 2.14 bits per heavy atom. The first-order chi connectivity index (χ1) is 9.95. The van der Waals surface area contributed by atoms with Gasteiger partial charge >= 0.3 is 12.0 Å². The van der Waals surface area contributed by atoms with Gasteiger partial charge in [-0.2, -0.15) is 0 Å². The predicted octanol–water partition coefficient (Wildman–Crippen LogP) is 2.04. The van der Waals surface area contributed by atoms with Crippen LogP contribution in [0.3, 0.4) is 0 Å². The van der Waals surface area contributed by atoms with Gasteiger partial charge in [0.1, 0.15) is 0 Å². The summed E-state index contributed by atoms with van der Waals surface area (Å²) in [7, 11) is 1.69. The summed E-state index contributed by atoms with van der Waals surface area (Å²) in [5.41, 5.74) is 0. The summed E-state index contributed by atoms with van der Waals surface area (Å²) in [6.07, 6.45) is 2.69. The number of likely N-dealkylation sites (tertiary alicyclic amines) is 1. The second kappa shape index (κ2) is 8.87. The molecule has 1 atom stereocenters. The predicted molar refractivity (Wildman–Crippen MR) is 80.3 cm³/mol. The fraction of sp³-hybridized carbons (Fsp3) is 0.867. The summed E-state index contributed by atoms with van der Waals surface area (Å²) in [6, 6.07) is 0.102. The number of piperidine rings is 1. The molecule has 122 valence electrons. The normalized spacial score (nSPS) is 18.9. The molecule has 0 aromatic heterocycles. The van der Waals surface area contributed by atoms with Crippen molar-refractivity contribution in [1.29, 1.82) is 0 Å². The van der Waals surface area contributed by atoms with Gasteiger partial charge in [-0.25, -0.2) is 4.79 Å². The van der Waals surface area contributed by atoms with Gasteiger partial charge in [0.2, 0.25) is 0 Å². The molecule has 0 aromatic carbocycles. The Hall–Kier alpha value is -1.30. The number of carbonyl (C=O) groups is 2. The molecule has 0 saturated carbocycles. The Balaban J connectivity index is 2.56. The number of rotatable bonds is 7. The highest BCUT2D eigenvalue weighted by molar-refractivity contribution is 5.75. The number of nitrogens with zero attached hydrogens (tertiary/aromatic N) is 2. The van der Waals surface area contributed by atoms with Crippen molar-refractivity contribution in [2.24, 2.45) is 5.92 Å². The zero-order chi connectivity index (χ0) is 15.8. The van der Waals surface area contributed by atoms with Crippen molar-refractivity contribution < 1.29 is 19.4 Å². The van der Waals surface area contributed by atoms with Crippen LogP contribution >= 0.6 is 0 Å². The smallest absolute Gasteiger partial charge is 0.320 e. The lowest BCUT2D eigenvalue weighted by atomic mass is 9.99. The summed E-state index contributed by atoms with van der Waals surface area (Å²) in [5.74, 6) is -0.412. The van der Waals surface area contributed by atoms with Gasteiger partial charge in [-0.3, -0.25) is 4.79 Å². The van der Waals surface area contributed by atoms with Crippen LogP contribution in [0.25, 0.3) is 0 Å². The van der Waals surface area contributed by atoms with E-state index in [0.717, 1.165) is 25.9 Å². The maximum absolute atomic E-state index is 12.6. The zero-order valence-electron chi connectivity index (χ0n) is 13.4. The van der Waals surface area contributed by atoms with E-state index in [-0.39, 0.29) is 18.5 Å². The Kier molecular flexibility index (Phi) is 7.50. The zero-order valence-corrected chi connectivity index (χ0v) is 13.4. The van der Waals surface area contributed by atoms with Crippen LogP contribution in [0.15, 0.2) is 0 Å². The average molecular weight is 300 g/mol. The lowest BCUT2D eigenvalue weighted by molar-refractivity contribution is -0.137. The Morgan fingerprint density at radius 1 is 1.43 bits per heavy atom. The van der Waals surface area contributed by atoms with Crippen molar-refractivity contribution in [2.75, 3.05) is 33.4 Å². The van der Waals surface area contributed by atoms with Crippen molar-refractivity contribution in [2.45, 2.75) is 45.6 Å². The quantitative estimate of drug-likeness (QED) is 0.781. The minimum atomic E-state index is -0.815. The number of amides is 2. The van der Waals surface area contributed by atoms with Crippen molar-refractivity contribution in [3.63, 3.8) is 0 Å². The van der Waals surface area contributed by atoms with E-state index in [9.17, 15) is 9.59 Å². The molecule has 0 radical (unpaired) electrons. The molecule has 1 saturated heterocycles. The molecule has 0 aromatic rings. The average Bonchev–Trinajstić information content (AvgIpc) is 2.43. The molecule has 1 aliphatic rings. The third-order valence-corrected chi connectivity index (χ3v) is 3.85. The number of aliphatic carboxylic acids is 1. The summed E-state index contributed by atoms with van der Waals surface area (Å²) in [5, 5.41) is 8.72. The molecule has 1 N–H and O–H groups in total. The number of hydrogen-bond donors (Lipinski definition) is 1. The standard InChI is InChI=1S/C15H28N2O4/c1-12(2)17(9-5-7-14(18)19)15(20)16-8-4-6-13(10-16)11-21-3/h12-13H,4-11H2,1-3H3,(H,18,19). The maximum Gasteiger partial charge on any atom is 0.320 e. The van der Waals surface area contributed by atoms with E-state index >= 15 is 0 Å². The van der Waals surface area contributed by atoms with Gasteiger partial charge in [0.15, 0.2) is 0 Å². The molecule has 1 aliphatic heterocycles. The van der Waals surface area contributed by atoms with E-state index in [1.807, 2.05) is 18.7 Å². The summed E-state index contributed by atoms with van der Waals surface area (Å²) in [4.78, 5) is 26.9. The highest BCUT2D eigenvalue weighted by Gasteiger charge is 2.28. The molecule has 6 nitrogen and oxygen atoms in total. The van der Waals surface area contributed by atoms with Crippen LogP contribution in [0.2, 0.25) is 0 Å². The Labute approximate surface area is 127 Å². The molecule has 1 fully saturated rings. The van der Waals surface area contributed by atoms with Gasteiger partial charge in [-0.05, 0) is 33.1 Å². The molecule has 1 unspecified atom stereocenters. The van der Waals surface area contributed by atoms with E-state index in [1.165, 1.54) is 0 Å². The lowest BCUT2D eigenvalue weighted by Gasteiger charge is -2.37. The third-order valence-electron chi connectivity index (χ3n) is 3.85. The van der Waals surface area contributed by atoms with Crippen LogP contribution in [-0.4, -0.2) is 66.3 Å². The van der Waals surface area contributed by atoms with Crippen molar-refractivity contribution >= 4 is 12.0 Å². The first-order valence-electron chi connectivity index (χ1n) is 7.72. The largest absolute Gasteiger partial charge is 0.481 e. The van der Waals surface area contributed by atoms with E-state index in [1.54, 1.807) is 12.0 Å². The number of carboxylic acid groups (broad SMARTS) is 1. The monoisotopic (exact) mass is 300 g/mol. The van der Waals surface area contributed by atoms with Gasteiger partial charge in [0.25, 0.3) is 0 Å². The van der Waals surface area contributed by atoms with Crippen molar-refractivity contribution in [3.8, 4) is 0 Å². The van der Waals surface area contributed by atoms with Crippen molar-refractivity contribution in [1.82, 2.24) is 9.80 Å². The maximum atomic E-state index is 12.6. The highest BCUT2D eigenvalue weighted by Crippen LogP contribution is 2.19. The van der Waals surface area contributed by atoms with E-state index < -0.39 is 5.97 Å². The first kappa shape index (κ1) is 17.8. The molecule has 0 bridgehead atoms. The number of ether oxygens (including phenoxy) is 1. The molecular weight excluding hydrogens is 272 g/mol. The highest BCUT2D eigenvalue weighted by atomic mass is 16.5. The third kappa shape index (κ3) is 5.91. The molecular formula is C15H28N2O4. The number of hydrogen-bond acceptors (Lipinski definition) is 3. The van der Waals surface area contributed by atoms with Crippen LogP contribution in [0, 0.1) is 5.92 Å². The summed E-state index contributed by atoms with van der Waals surface area (Å²) in [6.45, 7) is 6.62. The molecule has 6 heteroatoms. The molecule has 0 aliphatic carbocycles. The molecule has 21 heavy (non-hydrogen) atoms. The Morgan fingerprint density at radius 3 is 2.71 bits per heavy atom. The lowest BCUT2D eigenvalue weighted by Crippen LogP contribution is -2.50. The number of methoxy groups -OCH3 is 1. The van der Waals surface area contributed by atoms with Crippen molar-refractivity contribution in [3.05, 3.63) is 0 Å². The van der Waals surface area contributed by atoms with Crippen LogP contribution in [-0.2, 0) is 9.53 Å². The molecule has 0 spiro atoms. The second-order valence-electron chi connectivity index (χ2n) is 5.98. The van der Waals surface area contributed by atoms with E-state index in [2.05, 4.69) is 0 Å². The minimum Gasteiger partial charge on any atom is -0.481 e. The fourth-order valence-electron chi connectivity index (χ4n) is 2.77. The molecule has 1 heterocycles. The fourth-order valence-corrected chi connectivity index (χ4v) is 2.77. The SMILES string of the molecule is COCC1CCCN(C(=O)N(CCCC(=O)O)C(C)C)C1. The topological polar surface area (TPSA) is 70.1 Å². The van der Waals surface area contributed by atoms with Gasteiger partial charge in [0, 0.05) is 45.1 Å². The van der Waals surface area contributed by atoms with Crippen LogP contribution < -0.4 is 0 Å². The molecule has 2 amide bonds. The van der Waals surface area contributed by atoms with E-state index in [0.29, 0.717) is 25.5 Å². The van der Waals surface area contributed by atoms with Gasteiger partial charge in [-0.15, -0.1) is 0 Å².